The number of carbonyl (C=O) groups is 1. The summed E-state index contributed by atoms with van der Waals surface area (Å²) in [5.74, 6) is 0.514. The van der Waals surface area contributed by atoms with Crippen molar-refractivity contribution in [2.24, 2.45) is 5.73 Å². The number of hydrogen-bond donors (Lipinski definition) is 1. The molecule has 1 aromatic carbocycles. The maximum Gasteiger partial charge on any atom is 0.409 e. The fraction of sp³-hybridized carbons (Fsp3) is 0.300. The van der Waals surface area contributed by atoms with E-state index in [-0.39, 0.29) is 4.84 Å². The molecular formula is C10H13Cl2NO2. The topological polar surface area (TPSA) is 52.3 Å². The summed E-state index contributed by atoms with van der Waals surface area (Å²) < 4.78 is 4.68. The van der Waals surface area contributed by atoms with E-state index in [1.54, 1.807) is 19.1 Å². The van der Waals surface area contributed by atoms with Crippen LogP contribution in [-0.2, 0) is 0 Å². The van der Waals surface area contributed by atoms with Gasteiger partial charge in [-0.25, -0.2) is 4.79 Å². The quantitative estimate of drug-likeness (QED) is 0.777. The summed E-state index contributed by atoms with van der Waals surface area (Å²) in [6.07, 6.45) is -0.778. The number of aryl methyl sites for hydroxylation is 1. The Morgan fingerprint density at radius 1 is 1.40 bits per heavy atom. The normalized spacial score (nSPS) is 9.13. The highest BCUT2D eigenvalue weighted by Gasteiger charge is 1.99. The molecule has 0 bridgehead atoms. The SMILES string of the molecule is CC(Cl)Cl.Cc1ccccc1OC(N)=O. The van der Waals surface area contributed by atoms with Gasteiger partial charge in [0.25, 0.3) is 0 Å². The zero-order chi connectivity index (χ0) is 11.8. The molecule has 0 aliphatic carbocycles. The van der Waals surface area contributed by atoms with Crippen LogP contribution >= 0.6 is 23.2 Å². The molecule has 0 atom stereocenters. The summed E-state index contributed by atoms with van der Waals surface area (Å²) in [5, 5.41) is 0. The van der Waals surface area contributed by atoms with Gasteiger partial charge in [0.2, 0.25) is 0 Å². The lowest BCUT2D eigenvalue weighted by Crippen LogP contribution is -2.16. The Kier molecular flexibility index (Phi) is 6.92. The predicted octanol–water partition coefficient (Wildman–Crippen LogP) is 3.26. The molecule has 0 unspecified atom stereocenters. The number of alkyl halides is 2. The molecule has 1 aromatic rings. The molecule has 0 radical (unpaired) electrons. The lowest BCUT2D eigenvalue weighted by Gasteiger charge is -2.02. The van der Waals surface area contributed by atoms with Crippen LogP contribution < -0.4 is 10.5 Å². The van der Waals surface area contributed by atoms with Crippen LogP contribution in [0.1, 0.15) is 12.5 Å². The Morgan fingerprint density at radius 2 is 1.87 bits per heavy atom. The second kappa shape index (κ2) is 7.37. The van der Waals surface area contributed by atoms with Crippen molar-refractivity contribution in [1.82, 2.24) is 0 Å². The van der Waals surface area contributed by atoms with Crippen molar-refractivity contribution in [3.8, 4) is 5.75 Å². The Bertz CT molecular complexity index is 313. The van der Waals surface area contributed by atoms with E-state index in [9.17, 15) is 4.79 Å². The number of halogens is 2. The van der Waals surface area contributed by atoms with Gasteiger partial charge in [0.15, 0.2) is 0 Å². The van der Waals surface area contributed by atoms with Crippen molar-refractivity contribution < 1.29 is 9.53 Å². The molecule has 1 amide bonds. The number of para-hydroxylation sites is 1. The minimum absolute atomic E-state index is 0.222. The standard InChI is InChI=1S/C8H9NO2.C2H4Cl2/c1-6-4-2-3-5-7(6)11-8(9)10;1-2(3)4/h2-5H,1H3,(H2,9,10);2H,1H3. The summed E-state index contributed by atoms with van der Waals surface area (Å²) in [5.41, 5.74) is 5.73. The van der Waals surface area contributed by atoms with E-state index in [2.05, 4.69) is 4.74 Å². The molecule has 0 aromatic heterocycles. The van der Waals surface area contributed by atoms with Crippen molar-refractivity contribution in [1.29, 1.82) is 0 Å². The van der Waals surface area contributed by atoms with E-state index in [0.717, 1.165) is 5.56 Å². The number of benzene rings is 1. The van der Waals surface area contributed by atoms with Gasteiger partial charge < -0.3 is 10.5 Å². The fourth-order valence-electron chi connectivity index (χ4n) is 0.779. The van der Waals surface area contributed by atoms with Gasteiger partial charge in [-0.1, -0.05) is 18.2 Å². The maximum atomic E-state index is 10.3. The van der Waals surface area contributed by atoms with Crippen molar-refractivity contribution in [2.75, 3.05) is 0 Å². The largest absolute Gasteiger partial charge is 0.410 e. The first-order chi connectivity index (χ1) is 6.93. The highest BCUT2D eigenvalue weighted by atomic mass is 35.5. The van der Waals surface area contributed by atoms with E-state index in [1.807, 2.05) is 19.1 Å². The van der Waals surface area contributed by atoms with Gasteiger partial charge in [-0.15, -0.1) is 23.2 Å². The average molecular weight is 250 g/mol. The molecule has 2 N–H and O–H groups in total. The molecule has 0 spiro atoms. The van der Waals surface area contributed by atoms with E-state index in [4.69, 9.17) is 28.9 Å². The summed E-state index contributed by atoms with van der Waals surface area (Å²) >= 11 is 10.1. The number of hydrogen-bond acceptors (Lipinski definition) is 2. The maximum absolute atomic E-state index is 10.3. The van der Waals surface area contributed by atoms with Crippen LogP contribution in [0.3, 0.4) is 0 Å². The fourth-order valence-corrected chi connectivity index (χ4v) is 0.779. The van der Waals surface area contributed by atoms with Gasteiger partial charge in [0.05, 0.1) is 0 Å². The minimum atomic E-state index is -0.778. The van der Waals surface area contributed by atoms with Gasteiger partial charge in [-0.2, -0.15) is 0 Å². The number of nitrogens with two attached hydrogens (primary N) is 1. The lowest BCUT2D eigenvalue weighted by molar-refractivity contribution is 0.210. The van der Waals surface area contributed by atoms with Crippen LogP contribution in [0.25, 0.3) is 0 Å². The Labute approximate surface area is 99.1 Å². The van der Waals surface area contributed by atoms with Crippen LogP contribution in [0.15, 0.2) is 24.3 Å². The van der Waals surface area contributed by atoms with Gasteiger partial charge in [-0.05, 0) is 25.5 Å². The van der Waals surface area contributed by atoms with E-state index < -0.39 is 6.09 Å². The molecule has 0 aliphatic rings. The summed E-state index contributed by atoms with van der Waals surface area (Å²) in [6, 6.07) is 7.19. The first kappa shape index (κ1) is 14.1. The Hall–Kier alpha value is -0.930. The first-order valence-corrected chi connectivity index (χ1v) is 5.12. The third-order valence-corrected chi connectivity index (χ3v) is 1.30. The lowest BCUT2D eigenvalue weighted by atomic mass is 10.2. The van der Waals surface area contributed by atoms with Crippen LogP contribution in [0.4, 0.5) is 4.79 Å². The van der Waals surface area contributed by atoms with Crippen LogP contribution in [-0.4, -0.2) is 10.9 Å². The summed E-state index contributed by atoms with van der Waals surface area (Å²) in [7, 11) is 0. The van der Waals surface area contributed by atoms with Gasteiger partial charge in [-0.3, -0.25) is 0 Å². The molecule has 84 valence electrons. The number of rotatable bonds is 1. The van der Waals surface area contributed by atoms with Gasteiger partial charge in [0, 0.05) is 0 Å². The number of amides is 1. The molecule has 0 aliphatic heterocycles. The first-order valence-electron chi connectivity index (χ1n) is 4.24. The monoisotopic (exact) mass is 249 g/mol. The number of ether oxygens (including phenoxy) is 1. The second-order valence-corrected chi connectivity index (χ2v) is 4.24. The Morgan fingerprint density at radius 3 is 2.27 bits per heavy atom. The summed E-state index contributed by atoms with van der Waals surface area (Å²) in [4.78, 5) is 10.1. The molecule has 0 saturated carbocycles. The third-order valence-electron chi connectivity index (χ3n) is 1.30. The highest BCUT2D eigenvalue weighted by molar-refractivity contribution is 6.43. The molecule has 5 heteroatoms. The summed E-state index contributed by atoms with van der Waals surface area (Å²) in [6.45, 7) is 3.54. The predicted molar refractivity (Wildman–Crippen MR) is 62.6 cm³/mol. The average Bonchev–Trinajstić information content (AvgIpc) is 2.07. The molecular weight excluding hydrogens is 237 g/mol. The van der Waals surface area contributed by atoms with Crippen LogP contribution in [0.5, 0.6) is 5.75 Å². The van der Waals surface area contributed by atoms with Gasteiger partial charge >= 0.3 is 6.09 Å². The van der Waals surface area contributed by atoms with E-state index in [0.29, 0.717) is 5.75 Å². The smallest absolute Gasteiger partial charge is 0.409 e. The zero-order valence-electron chi connectivity index (χ0n) is 8.54. The van der Waals surface area contributed by atoms with E-state index >= 15 is 0 Å². The molecule has 1 rings (SSSR count). The van der Waals surface area contributed by atoms with Crippen LogP contribution in [0.2, 0.25) is 0 Å². The zero-order valence-corrected chi connectivity index (χ0v) is 10.0. The van der Waals surface area contributed by atoms with Gasteiger partial charge in [0.1, 0.15) is 10.6 Å². The van der Waals surface area contributed by atoms with Crippen molar-refractivity contribution in [3.05, 3.63) is 29.8 Å². The third kappa shape index (κ3) is 8.09. The Balaban J connectivity index is 0.000000423. The molecule has 0 fully saturated rings. The number of primary amides is 1. The molecule has 3 nitrogen and oxygen atoms in total. The minimum Gasteiger partial charge on any atom is -0.410 e. The van der Waals surface area contributed by atoms with Crippen molar-refractivity contribution >= 4 is 29.3 Å². The van der Waals surface area contributed by atoms with Crippen LogP contribution in [0, 0.1) is 6.92 Å². The molecule has 0 saturated heterocycles. The van der Waals surface area contributed by atoms with Crippen molar-refractivity contribution in [3.63, 3.8) is 0 Å². The number of carbonyl (C=O) groups excluding carboxylic acids is 1. The second-order valence-electron chi connectivity index (χ2n) is 2.71. The van der Waals surface area contributed by atoms with E-state index in [1.165, 1.54) is 0 Å². The molecule has 0 heterocycles. The molecule has 15 heavy (non-hydrogen) atoms. The highest BCUT2D eigenvalue weighted by Crippen LogP contribution is 2.15. The van der Waals surface area contributed by atoms with Crippen molar-refractivity contribution in [2.45, 2.75) is 18.7 Å².